The van der Waals surface area contributed by atoms with Crippen LogP contribution in [0.4, 0.5) is 22.1 Å². The summed E-state index contributed by atoms with van der Waals surface area (Å²) in [4.78, 5) is 35.6. The van der Waals surface area contributed by atoms with Gasteiger partial charge in [-0.3, -0.25) is 15.6 Å². The highest BCUT2D eigenvalue weighted by atomic mass is 16.6. The molecule has 1 saturated heterocycles. The molecule has 2 amide bonds. The molecule has 11 heteroatoms. The molecule has 0 atom stereocenters. The van der Waals surface area contributed by atoms with E-state index in [0.29, 0.717) is 44.3 Å². The van der Waals surface area contributed by atoms with Crippen LogP contribution < -0.4 is 21.5 Å². The lowest BCUT2D eigenvalue weighted by atomic mass is 10.3. The predicted molar refractivity (Wildman–Crippen MR) is 97.0 cm³/mol. The predicted octanol–water partition coefficient (Wildman–Crippen LogP) is 0.687. The Morgan fingerprint density at radius 3 is 2.74 bits per heavy atom. The molecule has 0 bridgehead atoms. The fourth-order valence-corrected chi connectivity index (χ4v) is 2.64. The van der Waals surface area contributed by atoms with E-state index in [0.717, 1.165) is 0 Å². The molecule has 1 fully saturated rings. The van der Waals surface area contributed by atoms with E-state index in [4.69, 9.17) is 14.9 Å². The summed E-state index contributed by atoms with van der Waals surface area (Å²) in [7, 11) is 0. The maximum Gasteiger partial charge on any atom is 0.409 e. The SMILES string of the molecule is CCOC(=O)N1CCN(c2ncnc(NNC(=O)c3ccco3)c2N)CC1. The molecule has 0 unspecified atom stereocenters. The van der Waals surface area contributed by atoms with Crippen molar-refractivity contribution < 1.29 is 18.7 Å². The van der Waals surface area contributed by atoms with Crippen molar-refractivity contribution in [2.45, 2.75) is 6.92 Å². The first kappa shape index (κ1) is 18.3. The number of hydrazine groups is 1. The standard InChI is InChI=1S/C16H21N7O4/c1-2-26-16(25)23-7-5-22(6-8-23)14-12(17)13(18-10-19-14)20-21-15(24)11-4-3-9-27-11/h3-4,9-10H,2,5-8,17H2,1H3,(H,21,24)(H,18,19,20). The van der Waals surface area contributed by atoms with Crippen LogP contribution in [0.15, 0.2) is 29.1 Å². The topological polar surface area (TPSA) is 139 Å². The average molecular weight is 375 g/mol. The molecular formula is C16H21N7O4. The zero-order valence-electron chi connectivity index (χ0n) is 14.8. The number of nitrogens with zero attached hydrogens (tertiary/aromatic N) is 4. The summed E-state index contributed by atoms with van der Waals surface area (Å²) >= 11 is 0. The Morgan fingerprint density at radius 2 is 2.07 bits per heavy atom. The molecule has 1 aliphatic rings. The molecule has 3 rings (SSSR count). The van der Waals surface area contributed by atoms with Gasteiger partial charge < -0.3 is 24.7 Å². The van der Waals surface area contributed by atoms with Gasteiger partial charge in [0.05, 0.1) is 12.9 Å². The van der Waals surface area contributed by atoms with E-state index in [1.807, 2.05) is 4.90 Å². The van der Waals surface area contributed by atoms with Crippen LogP contribution in [0.5, 0.6) is 0 Å². The molecule has 2 aromatic rings. The summed E-state index contributed by atoms with van der Waals surface area (Å²) in [5.74, 6) is 0.504. The van der Waals surface area contributed by atoms with Crippen molar-refractivity contribution in [3.8, 4) is 0 Å². The lowest BCUT2D eigenvalue weighted by molar-refractivity contribution is 0.0934. The molecule has 3 heterocycles. The third-order valence-corrected chi connectivity index (χ3v) is 4.01. The number of rotatable bonds is 5. The highest BCUT2D eigenvalue weighted by Crippen LogP contribution is 2.26. The Hall–Kier alpha value is -3.50. The Balaban J connectivity index is 1.62. The molecular weight excluding hydrogens is 354 g/mol. The summed E-state index contributed by atoms with van der Waals surface area (Å²) in [6.45, 7) is 4.22. The van der Waals surface area contributed by atoms with Crippen LogP contribution >= 0.6 is 0 Å². The highest BCUT2D eigenvalue weighted by molar-refractivity contribution is 5.92. The Bertz CT molecular complexity index is 788. The number of nitrogens with two attached hydrogens (primary N) is 1. The van der Waals surface area contributed by atoms with E-state index in [-0.39, 0.29) is 17.7 Å². The maximum atomic E-state index is 11.9. The number of hydrogen-bond donors (Lipinski definition) is 3. The molecule has 27 heavy (non-hydrogen) atoms. The van der Waals surface area contributed by atoms with Gasteiger partial charge >= 0.3 is 12.0 Å². The van der Waals surface area contributed by atoms with Crippen LogP contribution in [0.3, 0.4) is 0 Å². The number of carbonyl (C=O) groups is 2. The van der Waals surface area contributed by atoms with Crippen molar-refractivity contribution >= 4 is 29.3 Å². The molecule has 0 spiro atoms. The third kappa shape index (κ3) is 4.19. The minimum atomic E-state index is -0.456. The highest BCUT2D eigenvalue weighted by Gasteiger charge is 2.24. The molecule has 11 nitrogen and oxygen atoms in total. The second-order valence-corrected chi connectivity index (χ2v) is 5.69. The Morgan fingerprint density at radius 1 is 1.30 bits per heavy atom. The molecule has 1 aliphatic heterocycles. The Kier molecular flexibility index (Phi) is 5.59. The second kappa shape index (κ2) is 8.25. The summed E-state index contributed by atoms with van der Waals surface area (Å²) in [6, 6.07) is 3.15. The fourth-order valence-electron chi connectivity index (χ4n) is 2.64. The van der Waals surface area contributed by atoms with Crippen molar-refractivity contribution in [1.29, 1.82) is 0 Å². The van der Waals surface area contributed by atoms with Crippen molar-refractivity contribution in [1.82, 2.24) is 20.3 Å². The molecule has 0 radical (unpaired) electrons. The average Bonchev–Trinajstić information content (AvgIpc) is 3.22. The number of anilines is 3. The normalized spacial score (nSPS) is 14.0. The summed E-state index contributed by atoms with van der Waals surface area (Å²) < 4.78 is 10.0. The van der Waals surface area contributed by atoms with Gasteiger partial charge in [0, 0.05) is 26.2 Å². The summed E-state index contributed by atoms with van der Waals surface area (Å²) in [5.41, 5.74) is 11.6. The van der Waals surface area contributed by atoms with Gasteiger partial charge in [0.2, 0.25) is 0 Å². The van der Waals surface area contributed by atoms with Crippen LogP contribution in [-0.4, -0.2) is 59.7 Å². The first-order chi connectivity index (χ1) is 13.1. The van der Waals surface area contributed by atoms with Crippen LogP contribution in [0.1, 0.15) is 17.5 Å². The Labute approximate surface area is 155 Å². The quantitative estimate of drug-likeness (QED) is 0.644. The van der Waals surface area contributed by atoms with E-state index >= 15 is 0 Å². The molecule has 144 valence electrons. The first-order valence-electron chi connectivity index (χ1n) is 8.47. The summed E-state index contributed by atoms with van der Waals surface area (Å²) in [6.07, 6.45) is 2.43. The zero-order valence-corrected chi connectivity index (χ0v) is 14.8. The van der Waals surface area contributed by atoms with Gasteiger partial charge in [-0.1, -0.05) is 0 Å². The lowest BCUT2D eigenvalue weighted by Gasteiger charge is -2.35. The van der Waals surface area contributed by atoms with Crippen molar-refractivity contribution in [3.05, 3.63) is 30.5 Å². The molecule has 4 N–H and O–H groups in total. The van der Waals surface area contributed by atoms with Crippen LogP contribution in [0, 0.1) is 0 Å². The van der Waals surface area contributed by atoms with E-state index in [2.05, 4.69) is 20.8 Å². The number of furan rings is 1. The second-order valence-electron chi connectivity index (χ2n) is 5.69. The number of amides is 2. The van der Waals surface area contributed by atoms with Crippen molar-refractivity contribution in [2.24, 2.45) is 0 Å². The smallest absolute Gasteiger partial charge is 0.409 e. The number of piperazine rings is 1. The van der Waals surface area contributed by atoms with Gasteiger partial charge in [-0.15, -0.1) is 0 Å². The van der Waals surface area contributed by atoms with Crippen LogP contribution in [-0.2, 0) is 4.74 Å². The first-order valence-corrected chi connectivity index (χ1v) is 8.47. The number of hydrogen-bond acceptors (Lipinski definition) is 9. The molecule has 0 aliphatic carbocycles. The third-order valence-electron chi connectivity index (χ3n) is 4.01. The lowest BCUT2D eigenvalue weighted by Crippen LogP contribution is -2.49. The maximum absolute atomic E-state index is 11.9. The molecule has 2 aromatic heterocycles. The monoisotopic (exact) mass is 375 g/mol. The van der Waals surface area contributed by atoms with Gasteiger partial charge in [-0.2, -0.15) is 0 Å². The number of carbonyl (C=O) groups excluding carboxylic acids is 2. The fraction of sp³-hybridized carbons (Fsp3) is 0.375. The van der Waals surface area contributed by atoms with Gasteiger partial charge in [-0.25, -0.2) is 14.8 Å². The van der Waals surface area contributed by atoms with Gasteiger partial charge in [-0.05, 0) is 19.1 Å². The van der Waals surface area contributed by atoms with Gasteiger partial charge in [0.25, 0.3) is 0 Å². The van der Waals surface area contributed by atoms with E-state index < -0.39 is 5.91 Å². The number of aromatic nitrogens is 2. The van der Waals surface area contributed by atoms with Crippen molar-refractivity contribution in [2.75, 3.05) is 48.8 Å². The van der Waals surface area contributed by atoms with Crippen molar-refractivity contribution in [3.63, 3.8) is 0 Å². The van der Waals surface area contributed by atoms with E-state index in [9.17, 15) is 9.59 Å². The zero-order chi connectivity index (χ0) is 19.2. The number of nitrogen functional groups attached to an aromatic ring is 1. The van der Waals surface area contributed by atoms with E-state index in [1.165, 1.54) is 18.7 Å². The number of nitrogens with one attached hydrogen (secondary N) is 2. The van der Waals surface area contributed by atoms with Crippen LogP contribution in [0.2, 0.25) is 0 Å². The molecule has 0 aromatic carbocycles. The van der Waals surface area contributed by atoms with Crippen LogP contribution in [0.25, 0.3) is 0 Å². The van der Waals surface area contributed by atoms with Gasteiger partial charge in [0.15, 0.2) is 17.4 Å². The minimum absolute atomic E-state index is 0.158. The minimum Gasteiger partial charge on any atom is -0.459 e. The summed E-state index contributed by atoms with van der Waals surface area (Å²) in [5, 5.41) is 0. The van der Waals surface area contributed by atoms with Gasteiger partial charge in [0.1, 0.15) is 12.0 Å². The largest absolute Gasteiger partial charge is 0.459 e. The number of ether oxygens (including phenoxy) is 1. The molecule has 0 saturated carbocycles. The van der Waals surface area contributed by atoms with E-state index in [1.54, 1.807) is 17.9 Å².